The molecule has 0 saturated carbocycles. The lowest BCUT2D eigenvalue weighted by Gasteiger charge is -2.31. The van der Waals surface area contributed by atoms with Gasteiger partial charge in [-0.05, 0) is 35.8 Å². The zero-order valence-electron chi connectivity index (χ0n) is 14.4. The molecule has 0 unspecified atom stereocenters. The van der Waals surface area contributed by atoms with E-state index in [2.05, 4.69) is 41.5 Å². The maximum Gasteiger partial charge on any atom is 0.150 e. The van der Waals surface area contributed by atoms with Gasteiger partial charge in [0.25, 0.3) is 0 Å². The number of aldehydes is 1. The average molecular weight is 290 g/mol. The monoisotopic (exact) mass is 290 g/mol. The second kappa shape index (κ2) is 6.64. The fraction of sp³-hybridized carbons (Fsp3) is 0.632. The molecule has 2 nitrogen and oxygen atoms in total. The number of carbonyl (C=O) groups excluding carboxylic acids is 1. The van der Waals surface area contributed by atoms with Gasteiger partial charge in [-0.2, -0.15) is 0 Å². The zero-order chi connectivity index (χ0) is 16.3. The molecule has 0 saturated heterocycles. The van der Waals surface area contributed by atoms with Gasteiger partial charge in [0, 0.05) is 16.7 Å². The number of carbonyl (C=O) groups is 1. The van der Waals surface area contributed by atoms with Crippen molar-refractivity contribution in [2.45, 2.75) is 78.1 Å². The van der Waals surface area contributed by atoms with Crippen LogP contribution < -0.4 is 0 Å². The third-order valence-corrected chi connectivity index (χ3v) is 4.48. The maximum atomic E-state index is 11.3. The third kappa shape index (κ3) is 3.87. The summed E-state index contributed by atoms with van der Waals surface area (Å²) >= 11 is 0. The van der Waals surface area contributed by atoms with Crippen LogP contribution in [0.5, 0.6) is 5.75 Å². The van der Waals surface area contributed by atoms with Crippen LogP contribution in [-0.2, 0) is 10.8 Å². The minimum atomic E-state index is -0.130. The molecule has 1 aromatic rings. The van der Waals surface area contributed by atoms with Crippen molar-refractivity contribution in [1.82, 2.24) is 0 Å². The lowest BCUT2D eigenvalue weighted by atomic mass is 9.74. The molecule has 0 bridgehead atoms. The van der Waals surface area contributed by atoms with E-state index < -0.39 is 0 Å². The van der Waals surface area contributed by atoms with Crippen LogP contribution in [0.3, 0.4) is 0 Å². The second-order valence-corrected chi connectivity index (χ2v) is 7.35. The van der Waals surface area contributed by atoms with Crippen LogP contribution in [0.15, 0.2) is 12.1 Å². The van der Waals surface area contributed by atoms with Crippen LogP contribution in [0.4, 0.5) is 0 Å². The topological polar surface area (TPSA) is 37.3 Å². The molecular formula is C19H30O2. The molecule has 0 aliphatic heterocycles. The number of phenolic OH excluding ortho intramolecular Hbond substituents is 1. The SMILES string of the molecule is CCCC(C)(C)c1cc(C=O)cc(C(C)(C)CCC)c1O. The highest BCUT2D eigenvalue weighted by Crippen LogP contribution is 2.42. The summed E-state index contributed by atoms with van der Waals surface area (Å²) in [6, 6.07) is 3.70. The normalized spacial score (nSPS) is 12.5. The molecule has 1 N–H and O–H groups in total. The van der Waals surface area contributed by atoms with Crippen LogP contribution in [0.1, 0.15) is 88.7 Å². The molecule has 0 atom stereocenters. The number of benzene rings is 1. The first kappa shape index (κ1) is 17.7. The van der Waals surface area contributed by atoms with Crippen molar-refractivity contribution in [3.05, 3.63) is 28.8 Å². The minimum absolute atomic E-state index is 0.130. The summed E-state index contributed by atoms with van der Waals surface area (Å²) < 4.78 is 0. The molecule has 0 fully saturated rings. The molecule has 0 aliphatic rings. The maximum absolute atomic E-state index is 11.3. The summed E-state index contributed by atoms with van der Waals surface area (Å²) in [5, 5.41) is 10.8. The van der Waals surface area contributed by atoms with Gasteiger partial charge in [0.15, 0.2) is 0 Å². The van der Waals surface area contributed by atoms with E-state index in [0.717, 1.165) is 43.1 Å². The predicted octanol–water partition coefficient (Wildman–Crippen LogP) is 5.36. The van der Waals surface area contributed by atoms with Crippen LogP contribution in [-0.4, -0.2) is 11.4 Å². The smallest absolute Gasteiger partial charge is 0.150 e. The lowest BCUT2D eigenvalue weighted by molar-refractivity contribution is 0.112. The Kier molecular flexibility index (Phi) is 5.61. The van der Waals surface area contributed by atoms with Gasteiger partial charge in [0.2, 0.25) is 0 Å². The van der Waals surface area contributed by atoms with Crippen molar-refractivity contribution < 1.29 is 9.90 Å². The molecule has 0 aliphatic carbocycles. The number of hydrogen-bond donors (Lipinski definition) is 1. The quantitative estimate of drug-likeness (QED) is 0.686. The van der Waals surface area contributed by atoms with Gasteiger partial charge >= 0.3 is 0 Å². The van der Waals surface area contributed by atoms with Gasteiger partial charge in [0.1, 0.15) is 12.0 Å². The van der Waals surface area contributed by atoms with E-state index in [1.165, 1.54) is 0 Å². The number of hydrogen-bond acceptors (Lipinski definition) is 2. The van der Waals surface area contributed by atoms with Gasteiger partial charge in [0.05, 0.1) is 0 Å². The van der Waals surface area contributed by atoms with Gasteiger partial charge in [-0.1, -0.05) is 54.4 Å². The number of rotatable bonds is 7. The lowest BCUT2D eigenvalue weighted by Crippen LogP contribution is -2.22. The average Bonchev–Trinajstić information content (AvgIpc) is 2.38. The summed E-state index contributed by atoms with van der Waals surface area (Å²) in [6.45, 7) is 12.8. The minimum Gasteiger partial charge on any atom is -0.507 e. The third-order valence-electron chi connectivity index (χ3n) is 4.48. The largest absolute Gasteiger partial charge is 0.507 e. The fourth-order valence-corrected chi connectivity index (χ4v) is 3.28. The molecule has 1 aromatic carbocycles. The van der Waals surface area contributed by atoms with Crippen molar-refractivity contribution in [2.75, 3.05) is 0 Å². The van der Waals surface area contributed by atoms with E-state index in [9.17, 15) is 9.90 Å². The summed E-state index contributed by atoms with van der Waals surface area (Å²) in [4.78, 5) is 11.3. The Morgan fingerprint density at radius 3 is 1.62 bits per heavy atom. The molecule has 0 heterocycles. The van der Waals surface area contributed by atoms with Gasteiger partial charge in [-0.3, -0.25) is 4.79 Å². The van der Waals surface area contributed by atoms with Gasteiger partial charge in [-0.25, -0.2) is 0 Å². The van der Waals surface area contributed by atoms with E-state index in [1.807, 2.05) is 12.1 Å². The molecule has 21 heavy (non-hydrogen) atoms. The molecule has 118 valence electrons. The molecule has 0 radical (unpaired) electrons. The number of phenols is 1. The van der Waals surface area contributed by atoms with E-state index in [1.54, 1.807) is 0 Å². The first-order valence-electron chi connectivity index (χ1n) is 8.02. The zero-order valence-corrected chi connectivity index (χ0v) is 14.4. The fourth-order valence-electron chi connectivity index (χ4n) is 3.28. The summed E-state index contributed by atoms with van der Waals surface area (Å²) in [5.74, 6) is 0.373. The molecule has 0 spiro atoms. The molecular weight excluding hydrogens is 260 g/mol. The summed E-state index contributed by atoms with van der Waals surface area (Å²) in [5.41, 5.74) is 2.19. The second-order valence-electron chi connectivity index (χ2n) is 7.35. The highest BCUT2D eigenvalue weighted by atomic mass is 16.3. The van der Waals surface area contributed by atoms with Crippen LogP contribution in [0, 0.1) is 0 Å². The van der Waals surface area contributed by atoms with E-state index >= 15 is 0 Å². The van der Waals surface area contributed by atoms with Gasteiger partial charge < -0.3 is 5.11 Å². The molecule has 1 rings (SSSR count). The van der Waals surface area contributed by atoms with Crippen molar-refractivity contribution in [3.8, 4) is 5.75 Å². The Morgan fingerprint density at radius 1 is 0.952 bits per heavy atom. The van der Waals surface area contributed by atoms with Crippen molar-refractivity contribution >= 4 is 6.29 Å². The van der Waals surface area contributed by atoms with E-state index in [0.29, 0.717) is 11.3 Å². The van der Waals surface area contributed by atoms with Crippen LogP contribution in [0.25, 0.3) is 0 Å². The van der Waals surface area contributed by atoms with E-state index in [4.69, 9.17) is 0 Å². The van der Waals surface area contributed by atoms with Crippen molar-refractivity contribution in [1.29, 1.82) is 0 Å². The summed E-state index contributed by atoms with van der Waals surface area (Å²) in [6.07, 6.45) is 4.94. The number of aromatic hydroxyl groups is 1. The molecule has 0 amide bonds. The first-order valence-corrected chi connectivity index (χ1v) is 8.02. The van der Waals surface area contributed by atoms with E-state index in [-0.39, 0.29) is 10.8 Å². The predicted molar refractivity (Wildman–Crippen MR) is 89.4 cm³/mol. The van der Waals surface area contributed by atoms with Crippen molar-refractivity contribution in [3.63, 3.8) is 0 Å². The molecule has 2 heteroatoms. The Hall–Kier alpha value is -1.31. The first-order chi connectivity index (χ1) is 9.69. The Morgan fingerprint density at radius 2 is 1.33 bits per heavy atom. The summed E-state index contributed by atoms with van der Waals surface area (Å²) in [7, 11) is 0. The standard InChI is InChI=1S/C19H30O2/c1-7-9-18(3,4)15-11-14(13-20)12-16(17(15)21)19(5,6)10-8-2/h11-13,21H,7-10H2,1-6H3. The molecule has 0 aromatic heterocycles. The van der Waals surface area contributed by atoms with Crippen molar-refractivity contribution in [2.24, 2.45) is 0 Å². The Labute approximate surface area is 129 Å². The highest BCUT2D eigenvalue weighted by Gasteiger charge is 2.30. The van der Waals surface area contributed by atoms with Crippen LogP contribution >= 0.6 is 0 Å². The Balaban J connectivity index is 3.51. The Bertz CT molecular complexity index is 459. The van der Waals surface area contributed by atoms with Gasteiger partial charge in [-0.15, -0.1) is 0 Å². The van der Waals surface area contributed by atoms with Crippen LogP contribution in [0.2, 0.25) is 0 Å². The highest BCUT2D eigenvalue weighted by molar-refractivity contribution is 5.77.